The van der Waals surface area contributed by atoms with Gasteiger partial charge >= 0.3 is 6.01 Å². The van der Waals surface area contributed by atoms with Crippen LogP contribution in [0.2, 0.25) is 0 Å². The Morgan fingerprint density at radius 1 is 1.35 bits per heavy atom. The number of aromatic nitrogens is 3. The maximum Gasteiger partial charge on any atom is 0.316 e. The van der Waals surface area contributed by atoms with E-state index in [0.29, 0.717) is 24.6 Å². The van der Waals surface area contributed by atoms with E-state index in [2.05, 4.69) is 31.1 Å². The number of H-pyrrole nitrogens is 1. The minimum Gasteiger partial charge on any atom is -0.402 e. The van der Waals surface area contributed by atoms with Crippen molar-refractivity contribution in [1.29, 1.82) is 0 Å². The first-order valence-electron chi connectivity index (χ1n) is 8.32. The summed E-state index contributed by atoms with van der Waals surface area (Å²) in [7, 11) is 0. The van der Waals surface area contributed by atoms with Gasteiger partial charge in [-0.2, -0.15) is 0 Å². The Labute approximate surface area is 149 Å². The predicted octanol–water partition coefficient (Wildman–Crippen LogP) is 0.0750. The molecule has 1 aliphatic rings. The zero-order valence-electron chi connectivity index (χ0n) is 14.4. The molecule has 2 atom stereocenters. The first kappa shape index (κ1) is 17.6. The van der Waals surface area contributed by atoms with Crippen molar-refractivity contribution >= 4 is 23.6 Å². The third kappa shape index (κ3) is 3.73. The fourth-order valence-corrected chi connectivity index (χ4v) is 2.63. The maximum atomic E-state index is 12.6. The van der Waals surface area contributed by atoms with Gasteiger partial charge in [-0.3, -0.25) is 14.4 Å². The number of nitrogens with one attached hydrogen (secondary N) is 4. The lowest BCUT2D eigenvalue weighted by atomic mass is 10.0. The fourth-order valence-electron chi connectivity index (χ4n) is 2.63. The van der Waals surface area contributed by atoms with Crippen LogP contribution in [0.1, 0.15) is 20.3 Å². The highest BCUT2D eigenvalue weighted by Gasteiger charge is 2.33. The third-order valence-corrected chi connectivity index (χ3v) is 4.06. The Kier molecular flexibility index (Phi) is 5.01. The maximum absolute atomic E-state index is 12.6. The minimum absolute atomic E-state index is 0.0937. The molecule has 10 nitrogen and oxygen atoms in total. The van der Waals surface area contributed by atoms with Gasteiger partial charge in [0.25, 0.3) is 11.8 Å². The Hall–Kier alpha value is -3.17. The number of carbonyl (C=O) groups excluding carboxylic acids is 3. The Balaban J connectivity index is 1.68. The molecule has 1 saturated heterocycles. The molecule has 0 bridgehead atoms. The van der Waals surface area contributed by atoms with E-state index in [0.717, 1.165) is 0 Å². The number of hydrogen-bond donors (Lipinski definition) is 4. The van der Waals surface area contributed by atoms with Gasteiger partial charge in [0.05, 0.1) is 6.04 Å². The van der Waals surface area contributed by atoms with Crippen LogP contribution in [0.4, 0.5) is 6.01 Å². The second-order valence-electron chi connectivity index (χ2n) is 6.33. The molecule has 4 N–H and O–H groups in total. The minimum atomic E-state index is -0.823. The molecule has 3 rings (SSSR count). The van der Waals surface area contributed by atoms with Crippen LogP contribution in [0.5, 0.6) is 0 Å². The van der Waals surface area contributed by atoms with E-state index in [-0.39, 0.29) is 11.9 Å². The quantitative estimate of drug-likeness (QED) is 0.534. The number of ketones is 1. The van der Waals surface area contributed by atoms with Crippen LogP contribution in [0.25, 0.3) is 11.6 Å². The van der Waals surface area contributed by atoms with Crippen molar-refractivity contribution in [3.05, 3.63) is 18.3 Å². The second-order valence-corrected chi connectivity index (χ2v) is 6.33. The molecule has 0 saturated carbocycles. The van der Waals surface area contributed by atoms with Gasteiger partial charge in [-0.05, 0) is 24.5 Å². The van der Waals surface area contributed by atoms with Crippen LogP contribution in [0, 0.1) is 5.92 Å². The number of aromatic amines is 1. The van der Waals surface area contributed by atoms with Crippen LogP contribution >= 0.6 is 0 Å². The lowest BCUT2D eigenvalue weighted by Gasteiger charge is -2.26. The van der Waals surface area contributed by atoms with Crippen molar-refractivity contribution in [2.75, 3.05) is 11.9 Å². The van der Waals surface area contributed by atoms with Gasteiger partial charge in [-0.15, -0.1) is 5.10 Å². The molecule has 26 heavy (non-hydrogen) atoms. The predicted molar refractivity (Wildman–Crippen MR) is 90.9 cm³/mol. The highest BCUT2D eigenvalue weighted by molar-refractivity contribution is 6.39. The summed E-state index contributed by atoms with van der Waals surface area (Å²) in [5.74, 6) is -1.56. The Morgan fingerprint density at radius 2 is 2.15 bits per heavy atom. The van der Waals surface area contributed by atoms with Crippen LogP contribution in [0.15, 0.2) is 22.7 Å². The molecule has 1 aliphatic heterocycles. The van der Waals surface area contributed by atoms with Crippen molar-refractivity contribution in [3.8, 4) is 11.6 Å². The van der Waals surface area contributed by atoms with Crippen LogP contribution in [0.3, 0.4) is 0 Å². The number of nitrogens with zero attached hydrogens (tertiary/aromatic N) is 2. The molecule has 0 radical (unpaired) electrons. The first-order valence-corrected chi connectivity index (χ1v) is 8.32. The van der Waals surface area contributed by atoms with Crippen molar-refractivity contribution < 1.29 is 18.8 Å². The number of rotatable bonds is 6. The lowest BCUT2D eigenvalue weighted by molar-refractivity contribution is -0.141. The van der Waals surface area contributed by atoms with Gasteiger partial charge in [-0.25, -0.2) is 0 Å². The Morgan fingerprint density at radius 3 is 2.85 bits per heavy atom. The van der Waals surface area contributed by atoms with Crippen LogP contribution in [-0.2, 0) is 14.4 Å². The van der Waals surface area contributed by atoms with Gasteiger partial charge in [0.1, 0.15) is 11.7 Å². The zero-order valence-corrected chi connectivity index (χ0v) is 14.4. The molecule has 0 aromatic carbocycles. The number of piperidine rings is 1. The summed E-state index contributed by atoms with van der Waals surface area (Å²) in [6, 6.07) is 2.15. The van der Waals surface area contributed by atoms with Gasteiger partial charge in [0, 0.05) is 12.7 Å². The molecular formula is C16H20N6O4. The summed E-state index contributed by atoms with van der Waals surface area (Å²) >= 11 is 0. The molecular weight excluding hydrogens is 340 g/mol. The number of anilines is 1. The molecule has 3 heterocycles. The second kappa shape index (κ2) is 7.38. The molecule has 10 heteroatoms. The van der Waals surface area contributed by atoms with Gasteiger partial charge < -0.3 is 25.4 Å². The monoisotopic (exact) mass is 360 g/mol. The molecule has 138 valence electrons. The number of hydrogen-bond acceptors (Lipinski definition) is 7. The van der Waals surface area contributed by atoms with Crippen molar-refractivity contribution in [2.24, 2.45) is 5.92 Å². The molecule has 2 aromatic rings. The molecule has 0 spiro atoms. The third-order valence-electron chi connectivity index (χ3n) is 4.06. The summed E-state index contributed by atoms with van der Waals surface area (Å²) in [5.41, 5.74) is 0.662. The van der Waals surface area contributed by atoms with E-state index >= 15 is 0 Å². The van der Waals surface area contributed by atoms with E-state index in [1.165, 1.54) is 0 Å². The van der Waals surface area contributed by atoms with Crippen molar-refractivity contribution in [3.63, 3.8) is 0 Å². The van der Waals surface area contributed by atoms with Crippen molar-refractivity contribution in [1.82, 2.24) is 25.8 Å². The largest absolute Gasteiger partial charge is 0.402 e. The highest BCUT2D eigenvalue weighted by atomic mass is 16.4. The van der Waals surface area contributed by atoms with Gasteiger partial charge in [0.15, 0.2) is 0 Å². The molecule has 1 fully saturated rings. The number of amides is 2. The van der Waals surface area contributed by atoms with Gasteiger partial charge in [-0.1, -0.05) is 18.9 Å². The SMILES string of the molecule is CC(C)C(Nc1nnc(-c2ccc[nH]2)o1)C(=O)NC1CCNC(=O)C1=O. The van der Waals surface area contributed by atoms with Gasteiger partial charge in [0.2, 0.25) is 11.7 Å². The lowest BCUT2D eigenvalue weighted by Crippen LogP contribution is -2.56. The normalized spacial score (nSPS) is 18.5. The summed E-state index contributed by atoms with van der Waals surface area (Å²) in [4.78, 5) is 38.8. The fraction of sp³-hybridized carbons (Fsp3) is 0.438. The van der Waals surface area contributed by atoms with E-state index in [9.17, 15) is 14.4 Å². The van der Waals surface area contributed by atoms with E-state index in [4.69, 9.17) is 4.42 Å². The van der Waals surface area contributed by atoms with E-state index in [1.807, 2.05) is 13.8 Å². The topological polar surface area (TPSA) is 142 Å². The van der Waals surface area contributed by atoms with Crippen LogP contribution < -0.4 is 16.0 Å². The smallest absolute Gasteiger partial charge is 0.316 e. The molecule has 2 aromatic heterocycles. The average Bonchev–Trinajstić information content (AvgIpc) is 3.27. The molecule has 2 unspecified atom stereocenters. The first-order chi connectivity index (χ1) is 12.5. The average molecular weight is 360 g/mol. The van der Waals surface area contributed by atoms with E-state index < -0.39 is 29.7 Å². The Bertz CT molecular complexity index is 798. The molecule has 2 amide bonds. The highest BCUT2D eigenvalue weighted by Crippen LogP contribution is 2.19. The summed E-state index contributed by atoms with van der Waals surface area (Å²) in [5, 5.41) is 15.8. The number of Topliss-reactive ketones (excluding diaryl/α,β-unsaturated/α-hetero) is 1. The standard InChI is InChI=1S/C16H20N6O4/c1-8(2)11(13(24)19-9-5-7-18-14(25)12(9)23)20-16-22-21-15(26-16)10-4-3-6-17-10/h3-4,6,8-9,11,17H,5,7H2,1-2H3,(H,18,25)(H,19,24)(H,20,22). The van der Waals surface area contributed by atoms with E-state index in [1.54, 1.807) is 18.3 Å². The summed E-state index contributed by atoms with van der Waals surface area (Å²) < 4.78 is 5.51. The summed E-state index contributed by atoms with van der Waals surface area (Å²) in [6.07, 6.45) is 2.09. The number of carbonyl (C=O) groups is 3. The van der Waals surface area contributed by atoms with Crippen molar-refractivity contribution in [2.45, 2.75) is 32.4 Å². The zero-order chi connectivity index (χ0) is 18.7. The molecule has 0 aliphatic carbocycles. The summed E-state index contributed by atoms with van der Waals surface area (Å²) in [6.45, 7) is 4.03. The van der Waals surface area contributed by atoms with Crippen LogP contribution in [-0.4, -0.2) is 51.4 Å².